The van der Waals surface area contributed by atoms with Gasteiger partial charge in [-0.05, 0) is 12.8 Å². The first-order chi connectivity index (χ1) is 6.68. The normalized spacial score (nSPS) is 18.5. The molecule has 0 atom stereocenters. The Hall–Kier alpha value is -0.0900. The van der Waals surface area contributed by atoms with Gasteiger partial charge in [0.25, 0.3) is 0 Å². The Morgan fingerprint density at radius 2 is 1.87 bits per heavy atom. The fourth-order valence-corrected chi connectivity index (χ4v) is 2.45. The van der Waals surface area contributed by atoms with Crippen LogP contribution in [-0.2, 0) is 4.79 Å². The van der Waals surface area contributed by atoms with Gasteiger partial charge < -0.3 is 26.6 Å². The number of hydrogen-bond donors (Lipinski definition) is 1. The monoisotopic (exact) mass is 279 g/mol. The molecule has 0 amide bonds. The van der Waals surface area contributed by atoms with Crippen LogP contribution in [0.15, 0.2) is 0 Å². The lowest BCUT2D eigenvalue weighted by Gasteiger charge is -2.32. The van der Waals surface area contributed by atoms with E-state index in [2.05, 4.69) is 6.92 Å². The van der Waals surface area contributed by atoms with Crippen LogP contribution in [0.4, 0.5) is 0 Å². The summed E-state index contributed by atoms with van der Waals surface area (Å²) in [6, 6.07) is 0. The first kappa shape index (κ1) is 14.9. The summed E-state index contributed by atoms with van der Waals surface area (Å²) in [6.07, 6.45) is 6.05. The first-order valence-electron chi connectivity index (χ1n) is 5.75. The third kappa shape index (κ3) is 4.98. The van der Waals surface area contributed by atoms with Crippen molar-refractivity contribution in [3.05, 3.63) is 0 Å². The molecule has 15 heavy (non-hydrogen) atoms. The zero-order valence-corrected chi connectivity index (χ0v) is 11.1. The van der Waals surface area contributed by atoms with Crippen molar-refractivity contribution in [1.29, 1.82) is 0 Å². The molecule has 90 valence electrons. The molecule has 1 N–H and O–H groups in total. The topological polar surface area (TPSA) is 37.3 Å². The quantitative estimate of drug-likeness (QED) is 0.494. The molecule has 1 heterocycles. The van der Waals surface area contributed by atoms with Crippen LogP contribution in [0.25, 0.3) is 0 Å². The second-order valence-corrected chi connectivity index (χ2v) is 4.48. The molecule has 1 fully saturated rings. The largest absolute Gasteiger partial charge is 1.00 e. The summed E-state index contributed by atoms with van der Waals surface area (Å²) < 4.78 is 0.843. The average Bonchev–Trinajstić information content (AvgIpc) is 2.53. The van der Waals surface area contributed by atoms with E-state index in [-0.39, 0.29) is 17.0 Å². The SMILES string of the molecule is CCCCC[N+]1(CC(=O)O)CCCC1.[Br-]. The summed E-state index contributed by atoms with van der Waals surface area (Å²) in [4.78, 5) is 10.8. The van der Waals surface area contributed by atoms with Gasteiger partial charge in [0.1, 0.15) is 0 Å². The zero-order valence-electron chi connectivity index (χ0n) is 9.54. The minimum absolute atomic E-state index is 0. The van der Waals surface area contributed by atoms with E-state index in [1.165, 1.54) is 32.1 Å². The summed E-state index contributed by atoms with van der Waals surface area (Å²) >= 11 is 0. The molecule has 0 radical (unpaired) electrons. The number of unbranched alkanes of at least 4 members (excludes halogenated alkanes) is 2. The number of carboxylic acid groups (broad SMARTS) is 1. The Bertz CT molecular complexity index is 191. The molecule has 1 saturated heterocycles. The van der Waals surface area contributed by atoms with E-state index < -0.39 is 5.97 Å². The third-order valence-corrected chi connectivity index (χ3v) is 3.22. The number of carbonyl (C=O) groups is 1. The number of rotatable bonds is 6. The van der Waals surface area contributed by atoms with Crippen molar-refractivity contribution in [2.24, 2.45) is 0 Å². The molecule has 0 aromatic carbocycles. The molecular weight excluding hydrogens is 258 g/mol. The summed E-state index contributed by atoms with van der Waals surface area (Å²) in [6.45, 7) is 5.75. The van der Waals surface area contributed by atoms with Crippen molar-refractivity contribution in [3.8, 4) is 0 Å². The minimum Gasteiger partial charge on any atom is -1.00 e. The maximum absolute atomic E-state index is 10.8. The Balaban J connectivity index is 0.00000196. The molecule has 1 aliphatic heterocycles. The van der Waals surface area contributed by atoms with E-state index in [0.717, 1.165) is 24.1 Å². The number of nitrogens with zero attached hydrogens (tertiary/aromatic N) is 1. The van der Waals surface area contributed by atoms with E-state index in [1.54, 1.807) is 0 Å². The van der Waals surface area contributed by atoms with Gasteiger partial charge in [0.05, 0.1) is 19.6 Å². The molecule has 0 saturated carbocycles. The van der Waals surface area contributed by atoms with Crippen LogP contribution in [0.5, 0.6) is 0 Å². The van der Waals surface area contributed by atoms with Crippen molar-refractivity contribution >= 4 is 5.97 Å². The number of halogens is 1. The fourth-order valence-electron chi connectivity index (χ4n) is 2.45. The van der Waals surface area contributed by atoms with Gasteiger partial charge in [-0.1, -0.05) is 13.3 Å². The second-order valence-electron chi connectivity index (χ2n) is 4.48. The zero-order chi connectivity index (χ0) is 10.4. The van der Waals surface area contributed by atoms with Crippen LogP contribution in [-0.4, -0.2) is 41.7 Å². The number of quaternary nitrogens is 1. The van der Waals surface area contributed by atoms with E-state index in [4.69, 9.17) is 5.11 Å². The Labute approximate surface area is 103 Å². The van der Waals surface area contributed by atoms with Gasteiger partial charge in [0.2, 0.25) is 0 Å². The number of carboxylic acids is 1. The van der Waals surface area contributed by atoms with Crippen LogP contribution < -0.4 is 17.0 Å². The molecule has 0 bridgehead atoms. The van der Waals surface area contributed by atoms with E-state index in [9.17, 15) is 4.79 Å². The summed E-state index contributed by atoms with van der Waals surface area (Å²) in [5.74, 6) is -0.636. The summed E-state index contributed by atoms with van der Waals surface area (Å²) in [5.41, 5.74) is 0. The van der Waals surface area contributed by atoms with Crippen molar-refractivity contribution in [3.63, 3.8) is 0 Å². The second kappa shape index (κ2) is 7.23. The van der Waals surface area contributed by atoms with Gasteiger partial charge in [0.15, 0.2) is 6.54 Å². The molecular formula is C11H22BrNO2. The molecule has 1 rings (SSSR count). The predicted molar refractivity (Wildman–Crippen MR) is 56.1 cm³/mol. The molecule has 0 aliphatic carbocycles. The smallest absolute Gasteiger partial charge is 0.359 e. The summed E-state index contributed by atoms with van der Waals surface area (Å²) in [5, 5.41) is 8.88. The van der Waals surface area contributed by atoms with Crippen molar-refractivity contribution in [2.45, 2.75) is 39.0 Å². The molecule has 0 unspecified atom stereocenters. The van der Waals surface area contributed by atoms with Crippen LogP contribution >= 0.6 is 0 Å². The van der Waals surface area contributed by atoms with Gasteiger partial charge in [-0.25, -0.2) is 4.79 Å². The highest BCUT2D eigenvalue weighted by molar-refractivity contribution is 5.67. The lowest BCUT2D eigenvalue weighted by atomic mass is 10.2. The van der Waals surface area contributed by atoms with Crippen LogP contribution in [0.2, 0.25) is 0 Å². The van der Waals surface area contributed by atoms with Crippen LogP contribution in [0, 0.1) is 0 Å². The average molecular weight is 280 g/mol. The highest BCUT2D eigenvalue weighted by Crippen LogP contribution is 2.20. The Morgan fingerprint density at radius 1 is 1.27 bits per heavy atom. The standard InChI is InChI=1S/C11H21NO2.BrH/c1-2-3-4-7-12(10-11(13)14)8-5-6-9-12;/h2-10H2,1H3;1H. The molecule has 4 heteroatoms. The maximum atomic E-state index is 10.8. The first-order valence-corrected chi connectivity index (χ1v) is 5.75. The third-order valence-electron chi connectivity index (χ3n) is 3.22. The number of hydrogen-bond acceptors (Lipinski definition) is 1. The minimum atomic E-state index is -0.636. The molecule has 0 spiro atoms. The van der Waals surface area contributed by atoms with E-state index in [0.29, 0.717) is 6.54 Å². The predicted octanol–water partition coefficient (Wildman–Crippen LogP) is -1.12. The van der Waals surface area contributed by atoms with Crippen molar-refractivity contribution in [1.82, 2.24) is 0 Å². The Kier molecular flexibility index (Phi) is 7.18. The van der Waals surface area contributed by atoms with Crippen molar-refractivity contribution < 1.29 is 31.4 Å². The van der Waals surface area contributed by atoms with Crippen LogP contribution in [0.3, 0.4) is 0 Å². The van der Waals surface area contributed by atoms with Gasteiger partial charge in [-0.15, -0.1) is 0 Å². The van der Waals surface area contributed by atoms with Gasteiger partial charge >= 0.3 is 5.97 Å². The highest BCUT2D eigenvalue weighted by atomic mass is 79.9. The van der Waals surface area contributed by atoms with Gasteiger partial charge in [-0.2, -0.15) is 0 Å². The molecule has 1 aliphatic rings. The Morgan fingerprint density at radius 3 is 2.33 bits per heavy atom. The molecule has 0 aromatic rings. The highest BCUT2D eigenvalue weighted by Gasteiger charge is 2.33. The lowest BCUT2D eigenvalue weighted by molar-refractivity contribution is -0.910. The van der Waals surface area contributed by atoms with Crippen molar-refractivity contribution in [2.75, 3.05) is 26.2 Å². The van der Waals surface area contributed by atoms with E-state index >= 15 is 0 Å². The van der Waals surface area contributed by atoms with Gasteiger partial charge in [0, 0.05) is 12.8 Å². The van der Waals surface area contributed by atoms with Crippen LogP contribution in [0.1, 0.15) is 39.0 Å². The summed E-state index contributed by atoms with van der Waals surface area (Å²) in [7, 11) is 0. The molecule has 3 nitrogen and oxygen atoms in total. The number of likely N-dealkylation sites (tertiary alicyclic amines) is 1. The lowest BCUT2D eigenvalue weighted by Crippen LogP contribution is -3.00. The number of aliphatic carboxylic acids is 1. The maximum Gasteiger partial charge on any atom is 0.359 e. The fraction of sp³-hybridized carbons (Fsp3) is 0.909. The van der Waals surface area contributed by atoms with E-state index in [1.807, 2.05) is 0 Å². The van der Waals surface area contributed by atoms with Gasteiger partial charge in [-0.3, -0.25) is 0 Å². The molecule has 0 aromatic heterocycles.